The zero-order chi connectivity index (χ0) is 15.2. The van der Waals surface area contributed by atoms with Crippen LogP contribution in [0.3, 0.4) is 0 Å². The van der Waals surface area contributed by atoms with Gasteiger partial charge in [-0.25, -0.2) is 13.6 Å². The summed E-state index contributed by atoms with van der Waals surface area (Å²) in [6, 6.07) is 2.18. The largest absolute Gasteiger partial charge is 0.465 e. The Hall–Kier alpha value is -1.53. The molecule has 0 radical (unpaired) electrons. The first-order chi connectivity index (χ1) is 10.1. The first-order valence-electron chi connectivity index (χ1n) is 7.08. The van der Waals surface area contributed by atoms with Gasteiger partial charge in [-0.3, -0.25) is 5.32 Å². The summed E-state index contributed by atoms with van der Waals surface area (Å²) in [6.45, 7) is 2.98. The van der Waals surface area contributed by atoms with E-state index in [1.807, 2.05) is 0 Å². The Morgan fingerprint density at radius 2 is 2.33 bits per heavy atom. The highest BCUT2D eigenvalue weighted by molar-refractivity contribution is 5.77. The molecule has 0 saturated carbocycles. The summed E-state index contributed by atoms with van der Waals surface area (Å²) in [4.78, 5) is 12.0. The molecular weight excluding hydrogens is 280 g/mol. The summed E-state index contributed by atoms with van der Waals surface area (Å²) in [6.07, 6.45) is 1.88. The molecule has 0 amide bonds. The fraction of sp³-hybridized carbons (Fsp3) is 0.533. The van der Waals surface area contributed by atoms with Crippen LogP contribution in [0, 0.1) is 11.6 Å². The highest BCUT2D eigenvalue weighted by atomic mass is 19.1. The summed E-state index contributed by atoms with van der Waals surface area (Å²) in [5.41, 5.74) is 0.0767. The standard InChI is InChI=1S/C15H19F2NO3/c1-2-20-15(19)14(18-9-11-4-3-7-21-11)12-6-5-10(16)8-13(12)17/h5-6,8,11,14,18H,2-4,7,9H2,1H3. The van der Waals surface area contributed by atoms with Crippen molar-refractivity contribution in [3.8, 4) is 0 Å². The number of benzene rings is 1. The number of rotatable bonds is 6. The minimum Gasteiger partial charge on any atom is -0.465 e. The molecule has 1 aliphatic heterocycles. The lowest BCUT2D eigenvalue weighted by molar-refractivity contribution is -0.146. The van der Waals surface area contributed by atoms with E-state index in [0.29, 0.717) is 13.2 Å². The van der Waals surface area contributed by atoms with E-state index in [2.05, 4.69) is 5.32 Å². The number of nitrogens with one attached hydrogen (secondary N) is 1. The van der Waals surface area contributed by atoms with Crippen molar-refractivity contribution in [2.24, 2.45) is 0 Å². The zero-order valence-corrected chi connectivity index (χ0v) is 11.9. The maximum Gasteiger partial charge on any atom is 0.327 e. The predicted octanol–water partition coefficient (Wildman–Crippen LogP) is 2.34. The smallest absolute Gasteiger partial charge is 0.327 e. The third kappa shape index (κ3) is 4.22. The summed E-state index contributed by atoms with van der Waals surface area (Å²) in [5, 5.41) is 2.96. The van der Waals surface area contributed by atoms with Crippen molar-refractivity contribution in [1.82, 2.24) is 5.32 Å². The quantitative estimate of drug-likeness (QED) is 0.819. The van der Waals surface area contributed by atoms with Crippen LogP contribution in [0.2, 0.25) is 0 Å². The van der Waals surface area contributed by atoms with Crippen molar-refractivity contribution < 1.29 is 23.0 Å². The molecule has 0 aromatic heterocycles. The third-order valence-corrected chi connectivity index (χ3v) is 3.37. The second-order valence-electron chi connectivity index (χ2n) is 4.89. The van der Waals surface area contributed by atoms with Crippen LogP contribution in [0.25, 0.3) is 0 Å². The summed E-state index contributed by atoms with van der Waals surface area (Å²) in [5.74, 6) is -2.04. The molecule has 116 valence electrons. The molecule has 2 unspecified atom stereocenters. The minimum absolute atomic E-state index is 0.00503. The lowest BCUT2D eigenvalue weighted by atomic mass is 10.1. The highest BCUT2D eigenvalue weighted by Gasteiger charge is 2.26. The molecule has 1 fully saturated rings. The average molecular weight is 299 g/mol. The topological polar surface area (TPSA) is 47.6 Å². The maximum atomic E-state index is 13.9. The van der Waals surface area contributed by atoms with E-state index in [9.17, 15) is 13.6 Å². The molecule has 1 aromatic carbocycles. The van der Waals surface area contributed by atoms with Gasteiger partial charge in [0.2, 0.25) is 0 Å². The van der Waals surface area contributed by atoms with E-state index < -0.39 is 23.6 Å². The van der Waals surface area contributed by atoms with Crippen LogP contribution in [0.4, 0.5) is 8.78 Å². The number of carbonyl (C=O) groups excluding carboxylic acids is 1. The van der Waals surface area contributed by atoms with Crippen molar-refractivity contribution in [2.45, 2.75) is 31.9 Å². The molecule has 4 nitrogen and oxygen atoms in total. The van der Waals surface area contributed by atoms with Crippen molar-refractivity contribution >= 4 is 5.97 Å². The van der Waals surface area contributed by atoms with E-state index in [0.717, 1.165) is 25.0 Å². The van der Waals surface area contributed by atoms with E-state index >= 15 is 0 Å². The lowest BCUT2D eigenvalue weighted by Gasteiger charge is -2.20. The second kappa shape index (κ2) is 7.47. The Labute approximate surface area is 122 Å². The molecule has 1 N–H and O–H groups in total. The molecule has 0 bridgehead atoms. The first-order valence-corrected chi connectivity index (χ1v) is 7.08. The first kappa shape index (κ1) is 15.9. The molecule has 2 atom stereocenters. The van der Waals surface area contributed by atoms with Crippen molar-refractivity contribution in [3.05, 3.63) is 35.4 Å². The van der Waals surface area contributed by atoms with E-state index in [-0.39, 0.29) is 18.3 Å². The number of hydrogen-bond donors (Lipinski definition) is 1. The van der Waals surface area contributed by atoms with Crippen LogP contribution >= 0.6 is 0 Å². The Morgan fingerprint density at radius 3 is 2.95 bits per heavy atom. The second-order valence-corrected chi connectivity index (χ2v) is 4.89. The number of hydrogen-bond acceptors (Lipinski definition) is 4. The zero-order valence-electron chi connectivity index (χ0n) is 11.9. The van der Waals surface area contributed by atoms with Crippen LogP contribution in [-0.2, 0) is 14.3 Å². The highest BCUT2D eigenvalue weighted by Crippen LogP contribution is 2.21. The normalized spacial score (nSPS) is 19.5. The predicted molar refractivity (Wildman–Crippen MR) is 72.7 cm³/mol. The van der Waals surface area contributed by atoms with Gasteiger partial charge in [0.15, 0.2) is 0 Å². The Bertz CT molecular complexity index is 490. The minimum atomic E-state index is -0.963. The summed E-state index contributed by atoms with van der Waals surface area (Å²) >= 11 is 0. The Kier molecular flexibility index (Phi) is 5.64. The van der Waals surface area contributed by atoms with Gasteiger partial charge in [-0.05, 0) is 25.8 Å². The van der Waals surface area contributed by atoms with Gasteiger partial charge in [0, 0.05) is 24.8 Å². The fourth-order valence-electron chi connectivity index (χ4n) is 2.34. The van der Waals surface area contributed by atoms with Gasteiger partial charge >= 0.3 is 5.97 Å². The van der Waals surface area contributed by atoms with E-state index in [1.54, 1.807) is 6.92 Å². The molecule has 1 heterocycles. The van der Waals surface area contributed by atoms with Crippen molar-refractivity contribution in [2.75, 3.05) is 19.8 Å². The van der Waals surface area contributed by atoms with Crippen molar-refractivity contribution in [3.63, 3.8) is 0 Å². The third-order valence-electron chi connectivity index (χ3n) is 3.37. The van der Waals surface area contributed by atoms with Gasteiger partial charge in [-0.1, -0.05) is 6.07 Å². The Morgan fingerprint density at radius 1 is 1.52 bits per heavy atom. The van der Waals surface area contributed by atoms with E-state index in [4.69, 9.17) is 9.47 Å². The van der Waals surface area contributed by atoms with Gasteiger partial charge in [-0.15, -0.1) is 0 Å². The molecular formula is C15H19F2NO3. The number of carbonyl (C=O) groups is 1. The van der Waals surface area contributed by atoms with Crippen LogP contribution in [0.15, 0.2) is 18.2 Å². The van der Waals surface area contributed by atoms with Gasteiger partial charge in [-0.2, -0.15) is 0 Å². The van der Waals surface area contributed by atoms with Gasteiger partial charge < -0.3 is 9.47 Å². The fourth-order valence-corrected chi connectivity index (χ4v) is 2.34. The van der Waals surface area contributed by atoms with Crippen LogP contribution in [-0.4, -0.2) is 31.8 Å². The Balaban J connectivity index is 2.12. The van der Waals surface area contributed by atoms with Crippen LogP contribution in [0.5, 0.6) is 0 Å². The molecule has 2 rings (SSSR count). The molecule has 0 spiro atoms. The SMILES string of the molecule is CCOC(=O)C(NCC1CCCO1)c1ccc(F)cc1F. The molecule has 6 heteroatoms. The molecule has 21 heavy (non-hydrogen) atoms. The van der Waals surface area contributed by atoms with Gasteiger partial charge in [0.25, 0.3) is 0 Å². The number of ether oxygens (including phenoxy) is 2. The van der Waals surface area contributed by atoms with Crippen molar-refractivity contribution in [1.29, 1.82) is 0 Å². The summed E-state index contributed by atoms with van der Waals surface area (Å²) in [7, 11) is 0. The molecule has 0 aliphatic carbocycles. The lowest BCUT2D eigenvalue weighted by Crippen LogP contribution is -2.36. The van der Waals surface area contributed by atoms with Crippen LogP contribution < -0.4 is 5.32 Å². The van der Waals surface area contributed by atoms with Gasteiger partial charge in [0.1, 0.15) is 17.7 Å². The number of esters is 1. The summed E-state index contributed by atoms with van der Waals surface area (Å²) < 4.78 is 37.3. The number of halogens is 2. The molecule has 1 saturated heterocycles. The van der Waals surface area contributed by atoms with Gasteiger partial charge in [0.05, 0.1) is 12.7 Å². The monoisotopic (exact) mass is 299 g/mol. The van der Waals surface area contributed by atoms with E-state index in [1.165, 1.54) is 6.07 Å². The van der Waals surface area contributed by atoms with Crippen LogP contribution in [0.1, 0.15) is 31.4 Å². The molecule has 1 aromatic rings. The average Bonchev–Trinajstić information content (AvgIpc) is 2.94. The maximum absolute atomic E-state index is 13.9. The molecule has 1 aliphatic rings.